The van der Waals surface area contributed by atoms with E-state index in [4.69, 9.17) is 0 Å². The van der Waals surface area contributed by atoms with Gasteiger partial charge < -0.3 is 16.0 Å². The minimum atomic E-state index is -0.415. The molecule has 0 aromatic heterocycles. The molecular weight excluding hydrogens is 310 g/mol. The number of hydrogen-bond donors (Lipinski definition) is 3. The van der Waals surface area contributed by atoms with Crippen LogP contribution in [0.15, 0.2) is 53.4 Å². The average molecular weight is 329 g/mol. The lowest BCUT2D eigenvalue weighted by Gasteiger charge is -2.09. The van der Waals surface area contributed by atoms with E-state index in [1.807, 2.05) is 55.6 Å². The lowest BCUT2D eigenvalue weighted by atomic mass is 10.2. The third-order valence-corrected chi connectivity index (χ3v) is 3.80. The maximum Gasteiger partial charge on any atom is 0.319 e. The Morgan fingerprint density at radius 2 is 1.74 bits per heavy atom. The van der Waals surface area contributed by atoms with Crippen LogP contribution < -0.4 is 16.0 Å². The highest BCUT2D eigenvalue weighted by atomic mass is 32.2. The van der Waals surface area contributed by atoms with Crippen LogP contribution in [0.25, 0.3) is 0 Å². The number of urea groups is 1. The summed E-state index contributed by atoms with van der Waals surface area (Å²) in [4.78, 5) is 24.7. The molecule has 0 saturated carbocycles. The van der Waals surface area contributed by atoms with E-state index in [1.54, 1.807) is 17.8 Å². The Kier molecular flexibility index (Phi) is 6.05. The molecule has 2 aromatic carbocycles. The van der Waals surface area contributed by atoms with Crippen LogP contribution in [0.2, 0.25) is 0 Å². The lowest BCUT2D eigenvalue weighted by Crippen LogP contribution is -2.35. The fraction of sp³-hybridized carbons (Fsp3) is 0.176. The standard InChI is InChI=1S/C17H19N3O2S/c1-12-4-3-5-14(10-12)19-16(21)11-18-17(22)20-13-6-8-15(23-2)9-7-13/h3-10H,11H2,1-2H3,(H,19,21)(H2,18,20,22). The van der Waals surface area contributed by atoms with E-state index >= 15 is 0 Å². The summed E-state index contributed by atoms with van der Waals surface area (Å²) < 4.78 is 0. The van der Waals surface area contributed by atoms with Gasteiger partial charge >= 0.3 is 6.03 Å². The number of carbonyl (C=O) groups excluding carboxylic acids is 2. The van der Waals surface area contributed by atoms with Crippen molar-refractivity contribution in [2.75, 3.05) is 23.4 Å². The van der Waals surface area contributed by atoms with Crippen molar-refractivity contribution in [2.45, 2.75) is 11.8 Å². The van der Waals surface area contributed by atoms with Gasteiger partial charge in [0, 0.05) is 16.3 Å². The molecule has 2 rings (SSSR count). The molecule has 120 valence electrons. The molecule has 0 atom stereocenters. The number of hydrogen-bond acceptors (Lipinski definition) is 3. The zero-order valence-corrected chi connectivity index (χ0v) is 13.9. The number of nitrogens with one attached hydrogen (secondary N) is 3. The molecule has 5 nitrogen and oxygen atoms in total. The number of aryl methyl sites for hydroxylation is 1. The minimum absolute atomic E-state index is 0.0946. The highest BCUT2D eigenvalue weighted by Gasteiger charge is 2.06. The first-order valence-corrected chi connectivity index (χ1v) is 8.35. The van der Waals surface area contributed by atoms with Gasteiger partial charge in [-0.2, -0.15) is 0 Å². The molecule has 0 spiro atoms. The lowest BCUT2D eigenvalue weighted by molar-refractivity contribution is -0.115. The van der Waals surface area contributed by atoms with Crippen LogP contribution in [-0.2, 0) is 4.79 Å². The Morgan fingerprint density at radius 3 is 2.39 bits per heavy atom. The van der Waals surface area contributed by atoms with Gasteiger partial charge in [-0.05, 0) is 55.1 Å². The summed E-state index contributed by atoms with van der Waals surface area (Å²) in [7, 11) is 0. The van der Waals surface area contributed by atoms with Crippen LogP contribution in [-0.4, -0.2) is 24.7 Å². The Hall–Kier alpha value is -2.47. The van der Waals surface area contributed by atoms with Crippen molar-refractivity contribution in [1.29, 1.82) is 0 Å². The van der Waals surface area contributed by atoms with Gasteiger partial charge in [-0.15, -0.1) is 11.8 Å². The second-order valence-electron chi connectivity index (χ2n) is 4.95. The quantitative estimate of drug-likeness (QED) is 0.736. The molecule has 0 fully saturated rings. The first-order valence-electron chi connectivity index (χ1n) is 7.12. The van der Waals surface area contributed by atoms with Crippen LogP contribution in [0, 0.1) is 6.92 Å². The topological polar surface area (TPSA) is 70.2 Å². The summed E-state index contributed by atoms with van der Waals surface area (Å²) in [5, 5.41) is 7.94. The molecule has 23 heavy (non-hydrogen) atoms. The highest BCUT2D eigenvalue weighted by molar-refractivity contribution is 7.98. The minimum Gasteiger partial charge on any atom is -0.329 e. The smallest absolute Gasteiger partial charge is 0.319 e. The van der Waals surface area contributed by atoms with Gasteiger partial charge in [-0.1, -0.05) is 12.1 Å². The zero-order valence-electron chi connectivity index (χ0n) is 13.1. The van der Waals surface area contributed by atoms with Gasteiger partial charge in [0.25, 0.3) is 0 Å². The Labute approximate surface area is 139 Å². The van der Waals surface area contributed by atoms with Crippen molar-refractivity contribution in [1.82, 2.24) is 5.32 Å². The van der Waals surface area contributed by atoms with E-state index in [9.17, 15) is 9.59 Å². The molecule has 2 aromatic rings. The first kappa shape index (κ1) is 16.9. The third kappa shape index (κ3) is 5.67. The molecule has 0 aliphatic rings. The zero-order chi connectivity index (χ0) is 16.7. The Balaban J connectivity index is 1.78. The number of amides is 3. The Bertz CT molecular complexity index is 686. The second-order valence-corrected chi connectivity index (χ2v) is 5.83. The van der Waals surface area contributed by atoms with E-state index < -0.39 is 6.03 Å². The van der Waals surface area contributed by atoms with Gasteiger partial charge in [0.05, 0.1) is 6.54 Å². The maximum absolute atomic E-state index is 11.8. The van der Waals surface area contributed by atoms with Crippen molar-refractivity contribution >= 4 is 35.1 Å². The summed E-state index contributed by atoms with van der Waals surface area (Å²) in [6.45, 7) is 1.85. The van der Waals surface area contributed by atoms with E-state index in [0.717, 1.165) is 10.5 Å². The maximum atomic E-state index is 11.8. The van der Waals surface area contributed by atoms with Gasteiger partial charge in [-0.3, -0.25) is 4.79 Å². The van der Waals surface area contributed by atoms with Gasteiger partial charge in [0.15, 0.2) is 0 Å². The summed E-state index contributed by atoms with van der Waals surface area (Å²) >= 11 is 1.63. The second kappa shape index (κ2) is 8.24. The molecule has 3 N–H and O–H groups in total. The van der Waals surface area contributed by atoms with Gasteiger partial charge in [0.1, 0.15) is 0 Å². The molecular formula is C17H19N3O2S. The highest BCUT2D eigenvalue weighted by Crippen LogP contribution is 2.17. The summed E-state index contributed by atoms with van der Waals surface area (Å²) in [5.41, 5.74) is 2.45. The molecule has 0 bridgehead atoms. The number of anilines is 2. The Morgan fingerprint density at radius 1 is 1.00 bits per heavy atom. The van der Waals surface area contributed by atoms with Crippen LogP contribution in [0.3, 0.4) is 0 Å². The molecule has 0 saturated heterocycles. The fourth-order valence-corrected chi connectivity index (χ4v) is 2.35. The van der Waals surface area contributed by atoms with Gasteiger partial charge in [0.2, 0.25) is 5.91 Å². The van der Waals surface area contributed by atoms with Crippen molar-refractivity contribution in [3.8, 4) is 0 Å². The van der Waals surface area contributed by atoms with Gasteiger partial charge in [-0.25, -0.2) is 4.79 Å². The largest absolute Gasteiger partial charge is 0.329 e. The monoisotopic (exact) mass is 329 g/mol. The van der Waals surface area contributed by atoms with Crippen molar-refractivity contribution in [2.24, 2.45) is 0 Å². The normalized spacial score (nSPS) is 10.0. The van der Waals surface area contributed by atoms with Crippen LogP contribution in [0.4, 0.5) is 16.2 Å². The van der Waals surface area contributed by atoms with E-state index in [0.29, 0.717) is 11.4 Å². The van der Waals surface area contributed by atoms with Crippen LogP contribution in [0.5, 0.6) is 0 Å². The third-order valence-electron chi connectivity index (χ3n) is 3.06. The average Bonchev–Trinajstić information content (AvgIpc) is 2.54. The number of thioether (sulfide) groups is 1. The number of rotatable bonds is 5. The molecule has 0 unspecified atom stereocenters. The van der Waals surface area contributed by atoms with Crippen molar-refractivity contribution < 1.29 is 9.59 Å². The first-order chi connectivity index (χ1) is 11.1. The predicted molar refractivity (Wildman–Crippen MR) is 95.1 cm³/mol. The molecule has 0 aliphatic carbocycles. The summed E-state index contributed by atoms with van der Waals surface area (Å²) in [5.74, 6) is -0.275. The van der Waals surface area contributed by atoms with Crippen LogP contribution >= 0.6 is 11.8 Å². The summed E-state index contributed by atoms with van der Waals surface area (Å²) in [6, 6.07) is 14.5. The van der Waals surface area contributed by atoms with Crippen LogP contribution in [0.1, 0.15) is 5.56 Å². The fourth-order valence-electron chi connectivity index (χ4n) is 1.94. The van der Waals surface area contributed by atoms with E-state index in [-0.39, 0.29) is 12.5 Å². The molecule has 0 heterocycles. The van der Waals surface area contributed by atoms with Crippen molar-refractivity contribution in [3.63, 3.8) is 0 Å². The van der Waals surface area contributed by atoms with Crippen molar-refractivity contribution in [3.05, 3.63) is 54.1 Å². The summed E-state index contributed by atoms with van der Waals surface area (Å²) in [6.07, 6.45) is 1.99. The SMILES string of the molecule is CSc1ccc(NC(=O)NCC(=O)Nc2cccc(C)c2)cc1. The predicted octanol–water partition coefficient (Wildman–Crippen LogP) is 3.48. The molecule has 0 aliphatic heterocycles. The number of carbonyl (C=O) groups is 2. The number of benzene rings is 2. The van der Waals surface area contributed by atoms with E-state index in [1.165, 1.54) is 0 Å². The molecule has 6 heteroatoms. The molecule has 3 amide bonds. The van der Waals surface area contributed by atoms with E-state index in [2.05, 4.69) is 16.0 Å². The molecule has 0 radical (unpaired) electrons.